The third-order valence-corrected chi connectivity index (χ3v) is 2.97. The fraction of sp³-hybridized carbons (Fsp3) is 0.400. The number of nitrogens with zero attached hydrogens (tertiary/aromatic N) is 2. The number of aromatic nitrogens is 2. The second kappa shape index (κ2) is 6.36. The second-order valence-electron chi connectivity index (χ2n) is 4.64. The zero-order valence-corrected chi connectivity index (χ0v) is 11.2. The summed E-state index contributed by atoms with van der Waals surface area (Å²) < 4.78 is 1.98. The Hall–Kier alpha value is -1.61. The average Bonchev–Trinajstić information content (AvgIpc) is 2.77. The average molecular weight is 243 g/mol. The molecule has 0 aliphatic heterocycles. The normalized spacial score (nSPS) is 10.8. The van der Waals surface area contributed by atoms with Gasteiger partial charge in [0.15, 0.2) is 0 Å². The number of nitrogens with one attached hydrogen (secondary N) is 1. The van der Waals surface area contributed by atoms with Gasteiger partial charge in [-0.3, -0.25) is 4.68 Å². The molecule has 0 bridgehead atoms. The fourth-order valence-electron chi connectivity index (χ4n) is 1.96. The van der Waals surface area contributed by atoms with Gasteiger partial charge < -0.3 is 5.32 Å². The van der Waals surface area contributed by atoms with Gasteiger partial charge >= 0.3 is 0 Å². The van der Waals surface area contributed by atoms with Crippen LogP contribution >= 0.6 is 0 Å². The Morgan fingerprint density at radius 2 is 1.89 bits per heavy atom. The predicted octanol–water partition coefficient (Wildman–Crippen LogP) is 2.39. The Balaban J connectivity index is 1.91. The van der Waals surface area contributed by atoms with E-state index in [1.807, 2.05) is 10.9 Å². The van der Waals surface area contributed by atoms with Crippen LogP contribution in [0.2, 0.25) is 0 Å². The van der Waals surface area contributed by atoms with Crippen LogP contribution in [0.15, 0.2) is 36.7 Å². The van der Waals surface area contributed by atoms with Crippen LogP contribution in [0.4, 0.5) is 0 Å². The van der Waals surface area contributed by atoms with Crippen LogP contribution in [0.5, 0.6) is 0 Å². The van der Waals surface area contributed by atoms with E-state index in [9.17, 15) is 0 Å². The highest BCUT2D eigenvalue weighted by Crippen LogP contribution is 2.07. The molecule has 96 valence electrons. The molecule has 3 nitrogen and oxygen atoms in total. The highest BCUT2D eigenvalue weighted by atomic mass is 15.3. The Labute approximate surface area is 109 Å². The molecular weight excluding hydrogens is 222 g/mol. The van der Waals surface area contributed by atoms with E-state index in [2.05, 4.69) is 54.7 Å². The summed E-state index contributed by atoms with van der Waals surface area (Å²) in [6, 6.07) is 8.81. The van der Waals surface area contributed by atoms with Gasteiger partial charge in [0.2, 0.25) is 0 Å². The van der Waals surface area contributed by atoms with Crippen molar-refractivity contribution in [2.45, 2.75) is 26.8 Å². The van der Waals surface area contributed by atoms with Gasteiger partial charge in [-0.2, -0.15) is 5.10 Å². The quantitative estimate of drug-likeness (QED) is 0.790. The molecule has 0 spiro atoms. The van der Waals surface area contributed by atoms with Crippen molar-refractivity contribution < 1.29 is 0 Å². The first-order valence-corrected chi connectivity index (χ1v) is 6.55. The lowest BCUT2D eigenvalue weighted by Crippen LogP contribution is -2.16. The molecule has 1 heterocycles. The molecule has 0 amide bonds. The summed E-state index contributed by atoms with van der Waals surface area (Å²) in [6.45, 7) is 7.13. The van der Waals surface area contributed by atoms with Crippen molar-refractivity contribution in [1.29, 1.82) is 0 Å². The van der Waals surface area contributed by atoms with Crippen molar-refractivity contribution in [3.8, 4) is 0 Å². The maximum absolute atomic E-state index is 4.30. The number of likely N-dealkylation sites (N-methyl/N-ethyl adjacent to an activating group) is 1. The summed E-state index contributed by atoms with van der Waals surface area (Å²) in [4.78, 5) is 0. The molecule has 0 radical (unpaired) electrons. The van der Waals surface area contributed by atoms with E-state index in [1.54, 1.807) is 0 Å². The summed E-state index contributed by atoms with van der Waals surface area (Å²) in [5, 5.41) is 7.64. The van der Waals surface area contributed by atoms with Gasteiger partial charge in [-0.15, -0.1) is 0 Å². The van der Waals surface area contributed by atoms with Crippen molar-refractivity contribution in [2.24, 2.45) is 0 Å². The lowest BCUT2D eigenvalue weighted by atomic mass is 10.1. The second-order valence-corrected chi connectivity index (χ2v) is 4.64. The molecular formula is C15H21N3. The van der Waals surface area contributed by atoms with Crippen molar-refractivity contribution in [3.63, 3.8) is 0 Å². The van der Waals surface area contributed by atoms with Crippen LogP contribution in [0.3, 0.4) is 0 Å². The highest BCUT2D eigenvalue weighted by molar-refractivity contribution is 5.23. The van der Waals surface area contributed by atoms with Gasteiger partial charge in [-0.25, -0.2) is 0 Å². The minimum absolute atomic E-state index is 0.849. The third kappa shape index (κ3) is 3.70. The van der Waals surface area contributed by atoms with E-state index in [-0.39, 0.29) is 0 Å². The molecule has 0 unspecified atom stereocenters. The Morgan fingerprint density at radius 3 is 2.50 bits per heavy atom. The summed E-state index contributed by atoms with van der Waals surface area (Å²) in [6.07, 6.45) is 5.05. The highest BCUT2D eigenvalue weighted by Gasteiger charge is 1.98. The summed E-state index contributed by atoms with van der Waals surface area (Å²) >= 11 is 0. The lowest BCUT2D eigenvalue weighted by molar-refractivity contribution is 0.685. The first-order chi connectivity index (χ1) is 8.78. The maximum Gasteiger partial charge on any atom is 0.0659 e. The van der Waals surface area contributed by atoms with Crippen LogP contribution < -0.4 is 5.32 Å². The first-order valence-electron chi connectivity index (χ1n) is 6.55. The summed E-state index contributed by atoms with van der Waals surface area (Å²) in [5.41, 5.74) is 3.89. The molecule has 0 saturated heterocycles. The number of hydrogen-bond acceptors (Lipinski definition) is 2. The molecule has 1 aromatic heterocycles. The molecule has 0 aliphatic rings. The Morgan fingerprint density at radius 1 is 1.17 bits per heavy atom. The Bertz CT molecular complexity index is 471. The largest absolute Gasteiger partial charge is 0.317 e. The van der Waals surface area contributed by atoms with Gasteiger partial charge in [0.25, 0.3) is 0 Å². The van der Waals surface area contributed by atoms with Crippen LogP contribution in [0, 0.1) is 6.92 Å². The molecule has 0 saturated carbocycles. The fourth-order valence-corrected chi connectivity index (χ4v) is 1.96. The van der Waals surface area contributed by atoms with Crippen LogP contribution in [-0.4, -0.2) is 22.9 Å². The van der Waals surface area contributed by atoms with Gasteiger partial charge in [0.1, 0.15) is 0 Å². The first kappa shape index (κ1) is 12.8. The zero-order chi connectivity index (χ0) is 12.8. The molecule has 1 N–H and O–H groups in total. The van der Waals surface area contributed by atoms with Gasteiger partial charge in [-0.1, -0.05) is 31.2 Å². The van der Waals surface area contributed by atoms with Crippen molar-refractivity contribution in [1.82, 2.24) is 15.1 Å². The number of hydrogen-bond donors (Lipinski definition) is 1. The standard InChI is InChI=1S/C15H21N3/c1-3-16-9-8-14-4-6-15(7-5-14)12-18-11-13(2)10-17-18/h4-7,10-11,16H,3,8-9,12H2,1-2H3. The lowest BCUT2D eigenvalue weighted by Gasteiger charge is -2.05. The van der Waals surface area contributed by atoms with Gasteiger partial charge in [0, 0.05) is 6.20 Å². The molecule has 18 heavy (non-hydrogen) atoms. The molecule has 2 rings (SSSR count). The zero-order valence-electron chi connectivity index (χ0n) is 11.2. The maximum atomic E-state index is 4.30. The SMILES string of the molecule is CCNCCc1ccc(Cn2cc(C)cn2)cc1. The van der Waals surface area contributed by atoms with Crippen LogP contribution in [-0.2, 0) is 13.0 Å². The molecule has 0 fully saturated rings. The van der Waals surface area contributed by atoms with Crippen molar-refractivity contribution in [3.05, 3.63) is 53.3 Å². The number of aryl methyl sites for hydroxylation is 1. The molecule has 3 heteroatoms. The van der Waals surface area contributed by atoms with E-state index in [4.69, 9.17) is 0 Å². The Kier molecular flexibility index (Phi) is 4.53. The van der Waals surface area contributed by atoms with Crippen molar-refractivity contribution in [2.75, 3.05) is 13.1 Å². The van der Waals surface area contributed by atoms with Crippen molar-refractivity contribution >= 4 is 0 Å². The minimum Gasteiger partial charge on any atom is -0.317 e. The van der Waals surface area contributed by atoms with Crippen LogP contribution in [0.1, 0.15) is 23.6 Å². The topological polar surface area (TPSA) is 29.9 Å². The third-order valence-electron chi connectivity index (χ3n) is 2.97. The van der Waals surface area contributed by atoms with Gasteiger partial charge in [-0.05, 0) is 43.1 Å². The molecule has 0 aliphatic carbocycles. The minimum atomic E-state index is 0.849. The van der Waals surface area contributed by atoms with Crippen LogP contribution in [0.25, 0.3) is 0 Å². The van der Waals surface area contributed by atoms with E-state index < -0.39 is 0 Å². The van der Waals surface area contributed by atoms with E-state index in [0.29, 0.717) is 0 Å². The van der Waals surface area contributed by atoms with Gasteiger partial charge in [0.05, 0.1) is 12.7 Å². The van der Waals surface area contributed by atoms with E-state index >= 15 is 0 Å². The number of benzene rings is 1. The summed E-state index contributed by atoms with van der Waals surface area (Å²) in [5.74, 6) is 0. The molecule has 1 aromatic carbocycles. The monoisotopic (exact) mass is 243 g/mol. The van der Waals surface area contributed by atoms with E-state index in [0.717, 1.165) is 26.1 Å². The predicted molar refractivity (Wildman–Crippen MR) is 74.8 cm³/mol. The smallest absolute Gasteiger partial charge is 0.0659 e. The molecule has 0 atom stereocenters. The summed E-state index contributed by atoms with van der Waals surface area (Å²) in [7, 11) is 0. The molecule has 2 aromatic rings. The number of rotatable bonds is 6. The van der Waals surface area contributed by atoms with E-state index in [1.165, 1.54) is 16.7 Å².